The fourth-order valence-corrected chi connectivity index (χ4v) is 4.13. The minimum Gasteiger partial charge on any atom is -0.377 e. The maximum absolute atomic E-state index is 14.6. The molecule has 0 unspecified atom stereocenters. The van der Waals surface area contributed by atoms with Gasteiger partial charge in [0.25, 0.3) is 5.91 Å². The van der Waals surface area contributed by atoms with Crippen molar-refractivity contribution in [3.05, 3.63) is 59.1 Å². The van der Waals surface area contributed by atoms with Gasteiger partial charge in [0.2, 0.25) is 0 Å². The van der Waals surface area contributed by atoms with Gasteiger partial charge in [-0.25, -0.2) is 14.4 Å². The molecule has 0 aliphatic carbocycles. The molecule has 8 nitrogen and oxygen atoms in total. The summed E-state index contributed by atoms with van der Waals surface area (Å²) in [5, 5.41) is 8.43. The van der Waals surface area contributed by atoms with Gasteiger partial charge in [-0.2, -0.15) is 13.2 Å². The number of hydrogen-bond acceptors (Lipinski definition) is 6. The number of aromatic nitrogens is 5. The Kier molecular flexibility index (Phi) is 4.69. The highest BCUT2D eigenvalue weighted by atomic mass is 19.4. The van der Waals surface area contributed by atoms with Gasteiger partial charge in [0.05, 0.1) is 24.8 Å². The van der Waals surface area contributed by atoms with Gasteiger partial charge in [0.1, 0.15) is 11.7 Å². The third-order valence-corrected chi connectivity index (χ3v) is 5.53. The van der Waals surface area contributed by atoms with Crippen LogP contribution in [0.4, 0.5) is 17.6 Å². The summed E-state index contributed by atoms with van der Waals surface area (Å²) in [6.45, 7) is 2.27. The number of carbonyl (C=O) groups excluding carboxylic acids is 1. The summed E-state index contributed by atoms with van der Waals surface area (Å²) in [4.78, 5) is 22.1. The average molecular weight is 448 g/mol. The SMILES string of the molecule is Cc1cccc(-c2nnc3n2C[C@@H]2COC[C@H]3N2C(=O)c2ccnc(C(F)(F)F)c2F)n1. The molecule has 2 aliphatic heterocycles. The lowest BCUT2D eigenvalue weighted by Crippen LogP contribution is -2.56. The first-order valence-corrected chi connectivity index (χ1v) is 9.75. The summed E-state index contributed by atoms with van der Waals surface area (Å²) in [5.74, 6) is -1.65. The van der Waals surface area contributed by atoms with Crippen LogP contribution in [0.3, 0.4) is 0 Å². The number of hydrogen-bond donors (Lipinski definition) is 0. The molecule has 5 rings (SSSR count). The van der Waals surface area contributed by atoms with Crippen molar-refractivity contribution in [3.63, 3.8) is 0 Å². The molecule has 0 aromatic carbocycles. The Morgan fingerprint density at radius 1 is 1.19 bits per heavy atom. The van der Waals surface area contributed by atoms with Crippen molar-refractivity contribution in [3.8, 4) is 11.5 Å². The Labute approximate surface area is 178 Å². The molecule has 0 saturated carbocycles. The van der Waals surface area contributed by atoms with Crippen LogP contribution in [0, 0.1) is 12.7 Å². The van der Waals surface area contributed by atoms with Crippen LogP contribution in [0.5, 0.6) is 0 Å². The van der Waals surface area contributed by atoms with Crippen molar-refractivity contribution in [2.75, 3.05) is 13.2 Å². The number of aryl methyl sites for hydroxylation is 1. The fraction of sp³-hybridized carbons (Fsp3) is 0.350. The van der Waals surface area contributed by atoms with Gasteiger partial charge in [-0.05, 0) is 25.1 Å². The van der Waals surface area contributed by atoms with Crippen LogP contribution in [0.2, 0.25) is 0 Å². The van der Waals surface area contributed by atoms with Gasteiger partial charge in [0.15, 0.2) is 23.2 Å². The number of alkyl halides is 3. The number of pyridine rings is 2. The summed E-state index contributed by atoms with van der Waals surface area (Å²) in [7, 11) is 0. The lowest BCUT2D eigenvalue weighted by atomic mass is 10.0. The van der Waals surface area contributed by atoms with Crippen LogP contribution in [0.1, 0.15) is 33.6 Å². The summed E-state index contributed by atoms with van der Waals surface area (Å²) in [5.41, 5.74) is -1.02. The standard InChI is InChI=1S/C20H16F4N6O2/c1-10-3-2-4-13(26-10)17-27-28-18-14-9-32-8-11(7-29(17)18)30(14)19(31)12-5-6-25-16(15(12)21)20(22,23)24/h2-6,11,14H,7-9H2,1H3/t11-,14-/m1/s1. The van der Waals surface area contributed by atoms with Gasteiger partial charge in [-0.3, -0.25) is 4.79 Å². The quantitative estimate of drug-likeness (QED) is 0.561. The van der Waals surface area contributed by atoms with Crippen LogP contribution in [-0.4, -0.2) is 54.8 Å². The van der Waals surface area contributed by atoms with E-state index in [1.54, 1.807) is 6.07 Å². The molecule has 5 heterocycles. The largest absolute Gasteiger partial charge is 0.436 e. The van der Waals surface area contributed by atoms with E-state index in [2.05, 4.69) is 20.2 Å². The van der Waals surface area contributed by atoms with Crippen LogP contribution < -0.4 is 0 Å². The first-order chi connectivity index (χ1) is 15.3. The van der Waals surface area contributed by atoms with E-state index in [9.17, 15) is 22.4 Å². The first kappa shape index (κ1) is 20.5. The van der Waals surface area contributed by atoms with Crippen molar-refractivity contribution in [2.24, 2.45) is 0 Å². The second-order valence-corrected chi connectivity index (χ2v) is 7.59. The minimum atomic E-state index is -5.02. The zero-order valence-electron chi connectivity index (χ0n) is 16.7. The lowest BCUT2D eigenvalue weighted by Gasteiger charge is -2.45. The topological polar surface area (TPSA) is 86.0 Å². The van der Waals surface area contributed by atoms with Crippen molar-refractivity contribution in [1.29, 1.82) is 0 Å². The van der Waals surface area contributed by atoms with E-state index in [1.807, 2.05) is 23.6 Å². The molecule has 2 bridgehead atoms. The number of morpholine rings is 1. The number of carbonyl (C=O) groups is 1. The maximum Gasteiger partial charge on any atom is 0.436 e. The number of halogens is 4. The van der Waals surface area contributed by atoms with Crippen LogP contribution in [0.15, 0.2) is 30.5 Å². The molecule has 166 valence electrons. The Morgan fingerprint density at radius 2 is 2.00 bits per heavy atom. The number of fused-ring (bicyclic) bond motifs is 4. The lowest BCUT2D eigenvalue weighted by molar-refractivity contribution is -0.143. The van der Waals surface area contributed by atoms with Crippen molar-refractivity contribution in [2.45, 2.75) is 31.7 Å². The molecule has 1 fully saturated rings. The van der Waals surface area contributed by atoms with E-state index in [0.717, 1.165) is 18.0 Å². The molecule has 1 saturated heterocycles. The van der Waals surface area contributed by atoms with E-state index in [4.69, 9.17) is 4.74 Å². The van der Waals surface area contributed by atoms with Gasteiger partial charge < -0.3 is 14.2 Å². The maximum atomic E-state index is 14.6. The van der Waals surface area contributed by atoms with Gasteiger partial charge in [-0.1, -0.05) is 6.07 Å². The molecule has 2 aliphatic rings. The van der Waals surface area contributed by atoms with Crippen LogP contribution in [-0.2, 0) is 17.5 Å². The van der Waals surface area contributed by atoms with Crippen molar-refractivity contribution in [1.82, 2.24) is 29.6 Å². The molecular weight excluding hydrogens is 432 g/mol. The van der Waals surface area contributed by atoms with Crippen molar-refractivity contribution >= 4 is 5.91 Å². The number of ether oxygens (including phenoxy) is 1. The monoisotopic (exact) mass is 448 g/mol. The summed E-state index contributed by atoms with van der Waals surface area (Å²) in [6.07, 6.45) is -4.24. The van der Waals surface area contributed by atoms with Crippen LogP contribution in [0.25, 0.3) is 11.5 Å². The molecule has 3 aromatic rings. The zero-order valence-corrected chi connectivity index (χ0v) is 16.7. The predicted octanol–water partition coefficient (Wildman–Crippen LogP) is 2.80. The highest BCUT2D eigenvalue weighted by Crippen LogP contribution is 2.37. The Hall–Kier alpha value is -3.41. The summed E-state index contributed by atoms with van der Waals surface area (Å²) < 4.78 is 61.2. The predicted molar refractivity (Wildman–Crippen MR) is 101 cm³/mol. The highest BCUT2D eigenvalue weighted by molar-refractivity contribution is 5.95. The molecule has 1 amide bonds. The molecule has 0 spiro atoms. The van der Waals surface area contributed by atoms with Gasteiger partial charge in [0, 0.05) is 18.4 Å². The molecule has 2 atom stereocenters. The third kappa shape index (κ3) is 3.22. The van der Waals surface area contributed by atoms with E-state index in [1.165, 1.54) is 4.90 Å². The fourth-order valence-electron chi connectivity index (χ4n) is 4.13. The normalized spacial score (nSPS) is 20.2. The van der Waals surface area contributed by atoms with E-state index in [0.29, 0.717) is 17.3 Å². The second kappa shape index (κ2) is 7.33. The molecular formula is C20H16F4N6O2. The smallest absolute Gasteiger partial charge is 0.377 e. The summed E-state index contributed by atoms with van der Waals surface area (Å²) in [6, 6.07) is 5.15. The number of nitrogens with zero attached hydrogens (tertiary/aromatic N) is 6. The zero-order chi connectivity index (χ0) is 22.6. The molecule has 3 aromatic heterocycles. The first-order valence-electron chi connectivity index (χ1n) is 9.75. The van der Waals surface area contributed by atoms with E-state index < -0.39 is 41.2 Å². The number of rotatable bonds is 2. The highest BCUT2D eigenvalue weighted by Gasteiger charge is 2.45. The Bertz CT molecular complexity index is 1210. The van der Waals surface area contributed by atoms with Crippen molar-refractivity contribution < 1.29 is 27.1 Å². The van der Waals surface area contributed by atoms with E-state index in [-0.39, 0.29) is 19.8 Å². The summed E-state index contributed by atoms with van der Waals surface area (Å²) >= 11 is 0. The van der Waals surface area contributed by atoms with E-state index >= 15 is 0 Å². The molecule has 32 heavy (non-hydrogen) atoms. The molecule has 12 heteroatoms. The van der Waals surface area contributed by atoms with Crippen LogP contribution >= 0.6 is 0 Å². The molecule has 0 N–H and O–H groups in total. The Balaban J connectivity index is 1.55. The van der Waals surface area contributed by atoms with Gasteiger partial charge in [-0.15, -0.1) is 10.2 Å². The number of amides is 1. The Morgan fingerprint density at radius 3 is 2.75 bits per heavy atom. The van der Waals surface area contributed by atoms with Gasteiger partial charge >= 0.3 is 6.18 Å². The molecule has 0 radical (unpaired) electrons. The minimum absolute atomic E-state index is 0.0560. The average Bonchev–Trinajstić information content (AvgIpc) is 3.16. The third-order valence-electron chi connectivity index (χ3n) is 5.53. The second-order valence-electron chi connectivity index (χ2n) is 7.59.